The quantitative estimate of drug-likeness (QED) is 0.107. The van der Waals surface area contributed by atoms with E-state index in [1.807, 2.05) is 13.0 Å². The number of nitrogens with one attached hydrogen (secondary N) is 2. The molecule has 10 heteroatoms. The Bertz CT molecular complexity index is 2060. The number of aromatic amines is 2. The molecule has 0 aromatic carbocycles. The largest absolute Gasteiger partial charge is 0.481 e. The van der Waals surface area contributed by atoms with Crippen molar-refractivity contribution in [3.8, 4) is 0 Å². The van der Waals surface area contributed by atoms with E-state index < -0.39 is 5.97 Å². The number of hydrogen-bond donors (Lipinski definition) is 3. The molecule has 2 aromatic heterocycles. The molecule has 0 aliphatic carbocycles. The number of carbonyl (C=O) groups excluding carboxylic acids is 2. The van der Waals surface area contributed by atoms with Crippen LogP contribution in [0.1, 0.15) is 210 Å². The predicted molar refractivity (Wildman–Crippen MR) is 223 cm³/mol. The van der Waals surface area contributed by atoms with Crippen LogP contribution in [0.15, 0.2) is 18.2 Å². The molecule has 6 rings (SSSR count). The second-order valence-electron chi connectivity index (χ2n) is 16.5. The summed E-state index contributed by atoms with van der Waals surface area (Å²) in [6.45, 7) is 18.0. The third-order valence-corrected chi connectivity index (χ3v) is 12.7. The van der Waals surface area contributed by atoms with Gasteiger partial charge in [-0.05, 0) is 75.8 Å². The lowest BCUT2D eigenvalue weighted by atomic mass is 9.84. The lowest BCUT2D eigenvalue weighted by Crippen LogP contribution is -2.41. The summed E-state index contributed by atoms with van der Waals surface area (Å²) in [7, 11) is 0. The number of ether oxygens (including phenoxy) is 1. The zero-order valence-corrected chi connectivity index (χ0v) is 34.9. The molecule has 2 amide bonds. The molecule has 0 saturated carbocycles. The van der Waals surface area contributed by atoms with Gasteiger partial charge in [-0.2, -0.15) is 0 Å². The highest BCUT2D eigenvalue weighted by atomic mass is 16.5. The monoisotopic (exact) mass is 765 g/mol. The number of H-pyrrole nitrogens is 2. The Morgan fingerprint density at radius 2 is 1.54 bits per heavy atom. The molecule has 4 aliphatic rings. The molecule has 0 spiro atoms. The van der Waals surface area contributed by atoms with E-state index >= 15 is 0 Å². The number of aromatic nitrogens is 4. The Morgan fingerprint density at radius 3 is 2.23 bits per heavy atom. The Balaban J connectivity index is 1.62. The smallest absolute Gasteiger partial charge is 0.303 e. The molecule has 2 aromatic rings. The molecule has 302 valence electrons. The second kappa shape index (κ2) is 17.9. The van der Waals surface area contributed by atoms with Crippen LogP contribution in [0.2, 0.25) is 0 Å². The van der Waals surface area contributed by atoms with Crippen molar-refractivity contribution < 1.29 is 24.2 Å². The summed E-state index contributed by atoms with van der Waals surface area (Å²) in [5.74, 6) is -1.72. The summed E-state index contributed by atoms with van der Waals surface area (Å²) in [6.07, 6.45) is 10.5. The van der Waals surface area contributed by atoms with E-state index in [0.29, 0.717) is 48.3 Å². The summed E-state index contributed by atoms with van der Waals surface area (Å²) in [4.78, 5) is 60.3. The molecule has 0 saturated heterocycles. The second-order valence-corrected chi connectivity index (χ2v) is 16.5. The van der Waals surface area contributed by atoms with Crippen LogP contribution < -0.4 is 0 Å². The summed E-state index contributed by atoms with van der Waals surface area (Å²) in [6, 6.07) is 6.32. The van der Waals surface area contributed by atoms with E-state index in [0.717, 1.165) is 89.2 Å². The van der Waals surface area contributed by atoms with Gasteiger partial charge < -0.3 is 19.8 Å². The highest BCUT2D eigenvalue weighted by molar-refractivity contribution is 6.23. The number of nitrogens with zero attached hydrogens (tertiary/aromatic N) is 3. The molecule has 4 aliphatic heterocycles. The Kier molecular flexibility index (Phi) is 13.2. The maximum atomic E-state index is 14.7. The van der Waals surface area contributed by atoms with E-state index in [1.54, 1.807) is 0 Å². The lowest BCUT2D eigenvalue weighted by molar-refractivity contribution is -0.137. The van der Waals surface area contributed by atoms with E-state index in [9.17, 15) is 19.5 Å². The summed E-state index contributed by atoms with van der Waals surface area (Å²) < 4.78 is 6.51. The van der Waals surface area contributed by atoms with Crippen molar-refractivity contribution in [3.05, 3.63) is 69.1 Å². The van der Waals surface area contributed by atoms with E-state index in [1.165, 1.54) is 24.2 Å². The molecule has 8 bridgehead atoms. The number of unbranched alkanes of at least 4 members (excludes halogenated alkanes) is 7. The van der Waals surface area contributed by atoms with Crippen molar-refractivity contribution in [2.75, 3.05) is 13.2 Å². The predicted octanol–water partition coefficient (Wildman–Crippen LogP) is 10.9. The minimum Gasteiger partial charge on any atom is -0.481 e. The summed E-state index contributed by atoms with van der Waals surface area (Å²) >= 11 is 0. The van der Waals surface area contributed by atoms with Crippen LogP contribution in [0.5, 0.6) is 0 Å². The van der Waals surface area contributed by atoms with Crippen molar-refractivity contribution in [1.29, 1.82) is 0 Å². The van der Waals surface area contributed by atoms with Gasteiger partial charge in [-0.1, -0.05) is 79.6 Å². The lowest BCUT2D eigenvalue weighted by Gasteiger charge is -2.27. The van der Waals surface area contributed by atoms with Crippen LogP contribution in [-0.2, 0) is 9.53 Å². The Labute approximate surface area is 332 Å². The first kappa shape index (κ1) is 41.3. The number of amides is 2. The first-order valence-corrected chi connectivity index (χ1v) is 21.4. The molecule has 0 unspecified atom stereocenters. The SMILES string of the molecule is CCCCCCCO[C@@H](C)C1=C(C)c2cc3nc(c4c5[nH]c(cc6[nH]c(cc1n2)[C@H](C)[C@H]6CC)c(C)c5C(=O)N(CCCCCC)C4=O)[C@@H](CCC(=O)O)[C@@H]3C. The van der Waals surface area contributed by atoms with Gasteiger partial charge in [0.05, 0.1) is 39.8 Å². The first-order valence-electron chi connectivity index (χ1n) is 21.4. The van der Waals surface area contributed by atoms with Crippen molar-refractivity contribution >= 4 is 40.0 Å². The highest BCUT2D eigenvalue weighted by Gasteiger charge is 2.41. The molecular formula is C46H63N5O5. The average molecular weight is 766 g/mol. The van der Waals surface area contributed by atoms with Gasteiger partial charge in [-0.3, -0.25) is 24.3 Å². The van der Waals surface area contributed by atoms with Gasteiger partial charge in [-0.25, -0.2) is 4.98 Å². The summed E-state index contributed by atoms with van der Waals surface area (Å²) in [5.41, 5.74) is 10.1. The molecular weight excluding hydrogens is 703 g/mol. The summed E-state index contributed by atoms with van der Waals surface area (Å²) in [5, 5.41) is 9.84. The minimum absolute atomic E-state index is 0.0680. The number of aryl methyl sites for hydroxylation is 1. The van der Waals surface area contributed by atoms with Crippen molar-refractivity contribution in [2.45, 2.75) is 162 Å². The number of carboxylic acids is 1. The van der Waals surface area contributed by atoms with Crippen LogP contribution >= 0.6 is 0 Å². The number of allylic oxidation sites excluding steroid dienone is 1. The van der Waals surface area contributed by atoms with Crippen LogP contribution in [0.4, 0.5) is 0 Å². The van der Waals surface area contributed by atoms with Gasteiger partial charge in [0.15, 0.2) is 0 Å². The van der Waals surface area contributed by atoms with Crippen molar-refractivity contribution in [3.63, 3.8) is 0 Å². The van der Waals surface area contributed by atoms with Crippen LogP contribution in [0.25, 0.3) is 22.2 Å². The maximum absolute atomic E-state index is 14.7. The molecule has 5 atom stereocenters. The van der Waals surface area contributed by atoms with E-state index in [4.69, 9.17) is 14.7 Å². The van der Waals surface area contributed by atoms with Gasteiger partial charge in [0.2, 0.25) is 0 Å². The molecule has 3 N–H and O–H groups in total. The number of aliphatic carboxylic acids is 1. The number of carboxylic acid groups (broad SMARTS) is 1. The maximum Gasteiger partial charge on any atom is 0.303 e. The van der Waals surface area contributed by atoms with Gasteiger partial charge in [-0.15, -0.1) is 0 Å². The first-order chi connectivity index (χ1) is 26.9. The van der Waals surface area contributed by atoms with Crippen molar-refractivity contribution in [2.24, 2.45) is 0 Å². The van der Waals surface area contributed by atoms with Gasteiger partial charge >= 0.3 is 5.97 Å². The fourth-order valence-corrected chi connectivity index (χ4v) is 9.26. The fraction of sp³-hybridized carbons (Fsp3) is 0.587. The minimum atomic E-state index is -0.900. The van der Waals surface area contributed by atoms with Gasteiger partial charge in [0.25, 0.3) is 11.8 Å². The number of fused-ring (bicyclic) bond motifs is 8. The Hall–Kier alpha value is -4.31. The number of carbonyl (C=O) groups is 3. The van der Waals surface area contributed by atoms with Crippen LogP contribution in [0.3, 0.4) is 0 Å². The highest BCUT2D eigenvalue weighted by Crippen LogP contribution is 2.45. The zero-order chi connectivity index (χ0) is 40.3. The van der Waals surface area contributed by atoms with E-state index in [-0.39, 0.29) is 48.0 Å². The third-order valence-electron chi connectivity index (χ3n) is 12.7. The molecule has 10 nitrogen and oxygen atoms in total. The number of imide groups is 1. The fourth-order valence-electron chi connectivity index (χ4n) is 9.26. The normalized spacial score (nSPS) is 20.5. The molecule has 56 heavy (non-hydrogen) atoms. The standard InChI is InChI=1S/C46H63N5O5/c1-9-12-14-16-18-22-56-30(8)40-28(6)35-23-34-27(5)32(19-20-39(52)53)43(49-34)42-44-41(45(54)51(46(42)55)21-17-15-13-10-2)29(7)36(50-44)24-37-31(11-3)26(4)33(47-37)25-38(40)48-35/h23-27,30-32,47,50H,9-22H2,1-8H3,(H,52,53)/t26-,27+,30+,31-,32+/m1/s1. The number of rotatable bonds is 17. The Morgan fingerprint density at radius 1 is 0.839 bits per heavy atom. The van der Waals surface area contributed by atoms with Crippen LogP contribution in [-0.4, -0.2) is 67.0 Å². The van der Waals surface area contributed by atoms with Gasteiger partial charge in [0.1, 0.15) is 0 Å². The third kappa shape index (κ3) is 8.09. The van der Waals surface area contributed by atoms with Crippen molar-refractivity contribution in [1.82, 2.24) is 24.8 Å². The topological polar surface area (TPSA) is 141 Å². The molecule has 0 fully saturated rings. The van der Waals surface area contributed by atoms with E-state index in [2.05, 4.69) is 70.6 Å². The molecule has 6 heterocycles. The van der Waals surface area contributed by atoms with Gasteiger partial charge in [0, 0.05) is 71.4 Å². The number of hydrogen-bond acceptors (Lipinski definition) is 6. The average Bonchev–Trinajstić information content (AvgIpc) is 3.85. The zero-order valence-electron chi connectivity index (χ0n) is 34.9. The van der Waals surface area contributed by atoms with Crippen LogP contribution in [0, 0.1) is 6.92 Å². The molecule has 0 radical (unpaired) electrons.